The molecule has 16 heavy (non-hydrogen) atoms. The van der Waals surface area contributed by atoms with Gasteiger partial charge < -0.3 is 4.90 Å². The van der Waals surface area contributed by atoms with Crippen molar-refractivity contribution in [3.05, 3.63) is 61.0 Å². The Morgan fingerprint density at radius 1 is 0.875 bits per heavy atom. The van der Waals surface area contributed by atoms with E-state index in [1.165, 1.54) is 5.69 Å². The molecule has 0 heterocycles. The highest BCUT2D eigenvalue weighted by molar-refractivity contribution is 5.70. The summed E-state index contributed by atoms with van der Waals surface area (Å²) in [5.74, 6) is 0. The molecular weight excluding hydrogens is 194 g/mol. The minimum absolute atomic E-state index is 0.820. The zero-order chi connectivity index (χ0) is 11.5. The number of hydrogen-bond acceptors (Lipinski definition) is 1. The van der Waals surface area contributed by atoms with Crippen molar-refractivity contribution in [3.8, 4) is 11.1 Å². The van der Waals surface area contributed by atoms with Crippen LogP contribution in [0.4, 0.5) is 5.69 Å². The van der Waals surface area contributed by atoms with Crippen LogP contribution in [0.15, 0.2) is 48.5 Å². The van der Waals surface area contributed by atoms with Crippen molar-refractivity contribution in [1.29, 1.82) is 0 Å². The first-order valence-corrected chi connectivity index (χ1v) is 5.31. The van der Waals surface area contributed by atoms with Gasteiger partial charge in [-0.25, -0.2) is 0 Å². The summed E-state index contributed by atoms with van der Waals surface area (Å²) in [4.78, 5) is 2.08. The number of anilines is 1. The van der Waals surface area contributed by atoms with E-state index in [0.29, 0.717) is 0 Å². The first kappa shape index (κ1) is 10.7. The van der Waals surface area contributed by atoms with Gasteiger partial charge in [-0.1, -0.05) is 36.4 Å². The van der Waals surface area contributed by atoms with Gasteiger partial charge in [0, 0.05) is 19.8 Å². The Hall–Kier alpha value is -1.76. The second-order valence-electron chi connectivity index (χ2n) is 4.03. The van der Waals surface area contributed by atoms with Gasteiger partial charge in [0.05, 0.1) is 0 Å². The molecule has 0 atom stereocenters. The van der Waals surface area contributed by atoms with Crippen molar-refractivity contribution in [2.24, 2.45) is 0 Å². The Labute approximate surface area is 97.3 Å². The lowest BCUT2D eigenvalue weighted by Gasteiger charge is -2.13. The Kier molecular flexibility index (Phi) is 2.95. The molecule has 2 aromatic rings. The Morgan fingerprint density at radius 2 is 1.50 bits per heavy atom. The summed E-state index contributed by atoms with van der Waals surface area (Å²) in [5.41, 5.74) is 4.26. The summed E-state index contributed by atoms with van der Waals surface area (Å²) >= 11 is 0. The zero-order valence-corrected chi connectivity index (χ0v) is 9.64. The third-order valence-corrected chi connectivity index (χ3v) is 2.66. The van der Waals surface area contributed by atoms with Crippen LogP contribution in [0.3, 0.4) is 0 Å². The molecule has 2 aromatic carbocycles. The standard InChI is InChI=1S/C15H15N/c1-12-6-4-5-7-15(12)13-8-10-14(11-9-13)16(2)3/h1,4-11H,2-3H3. The van der Waals surface area contributed by atoms with Gasteiger partial charge in [-0.15, -0.1) is 0 Å². The molecular formula is C15H15N. The van der Waals surface area contributed by atoms with Gasteiger partial charge in [-0.2, -0.15) is 0 Å². The minimum Gasteiger partial charge on any atom is -0.378 e. The van der Waals surface area contributed by atoms with Crippen molar-refractivity contribution in [2.45, 2.75) is 0 Å². The fourth-order valence-corrected chi connectivity index (χ4v) is 1.70. The van der Waals surface area contributed by atoms with Gasteiger partial charge in [0.25, 0.3) is 0 Å². The van der Waals surface area contributed by atoms with Crippen LogP contribution in [0.2, 0.25) is 0 Å². The van der Waals surface area contributed by atoms with Crippen LogP contribution in [0.25, 0.3) is 11.1 Å². The van der Waals surface area contributed by atoms with Crippen LogP contribution < -0.4 is 4.90 Å². The second-order valence-corrected chi connectivity index (χ2v) is 4.03. The molecule has 1 nitrogen and oxygen atoms in total. The van der Waals surface area contributed by atoms with Crippen molar-refractivity contribution in [3.63, 3.8) is 0 Å². The quantitative estimate of drug-likeness (QED) is 0.732. The van der Waals surface area contributed by atoms with Gasteiger partial charge in [0.15, 0.2) is 0 Å². The molecule has 80 valence electrons. The number of rotatable bonds is 2. The normalized spacial score (nSPS) is 10.2. The van der Waals surface area contributed by atoms with E-state index in [1.54, 1.807) is 0 Å². The molecule has 0 unspecified atom stereocenters. The van der Waals surface area contributed by atoms with Gasteiger partial charge >= 0.3 is 0 Å². The molecule has 0 saturated heterocycles. The summed E-state index contributed by atoms with van der Waals surface area (Å²) in [6, 6.07) is 16.3. The summed E-state index contributed by atoms with van der Waals surface area (Å²) in [6.07, 6.45) is 0. The van der Waals surface area contributed by atoms with Crippen LogP contribution in [0.1, 0.15) is 5.56 Å². The molecule has 0 spiro atoms. The molecule has 2 radical (unpaired) electrons. The first-order valence-electron chi connectivity index (χ1n) is 5.31. The highest BCUT2D eigenvalue weighted by Crippen LogP contribution is 2.24. The summed E-state index contributed by atoms with van der Waals surface area (Å²) in [5, 5.41) is 0. The third kappa shape index (κ3) is 2.08. The number of nitrogens with zero attached hydrogens (tertiary/aromatic N) is 1. The number of benzene rings is 2. The molecule has 1 heteroatoms. The first-order chi connectivity index (χ1) is 7.68. The highest BCUT2D eigenvalue weighted by atomic mass is 15.1. The molecule has 0 aliphatic carbocycles. The van der Waals surface area contributed by atoms with E-state index in [0.717, 1.165) is 16.7 Å². The predicted molar refractivity (Wildman–Crippen MR) is 69.6 cm³/mol. The van der Waals surface area contributed by atoms with Gasteiger partial charge in [0.1, 0.15) is 0 Å². The summed E-state index contributed by atoms with van der Waals surface area (Å²) < 4.78 is 0. The van der Waals surface area contributed by atoms with E-state index >= 15 is 0 Å². The maximum absolute atomic E-state index is 5.94. The molecule has 2 rings (SSSR count). The maximum Gasteiger partial charge on any atom is 0.0361 e. The lowest BCUT2D eigenvalue weighted by Crippen LogP contribution is -2.07. The lowest BCUT2D eigenvalue weighted by molar-refractivity contribution is 1.13. The van der Waals surface area contributed by atoms with Crippen molar-refractivity contribution in [2.75, 3.05) is 19.0 Å². The topological polar surface area (TPSA) is 3.24 Å². The SMILES string of the molecule is [CH]c1ccccc1-c1ccc(N(C)C)cc1. The van der Waals surface area contributed by atoms with Gasteiger partial charge in [-0.3, -0.25) is 0 Å². The van der Waals surface area contributed by atoms with Crippen LogP contribution in [0.5, 0.6) is 0 Å². The molecule has 0 bridgehead atoms. The summed E-state index contributed by atoms with van der Waals surface area (Å²) in [7, 11) is 4.07. The van der Waals surface area contributed by atoms with Crippen LogP contribution in [-0.2, 0) is 0 Å². The van der Waals surface area contributed by atoms with E-state index in [9.17, 15) is 0 Å². The smallest absolute Gasteiger partial charge is 0.0361 e. The van der Waals surface area contributed by atoms with E-state index in [2.05, 4.69) is 29.2 Å². The van der Waals surface area contributed by atoms with Crippen LogP contribution in [-0.4, -0.2) is 14.1 Å². The fraction of sp³-hybridized carbons (Fsp3) is 0.133. The highest BCUT2D eigenvalue weighted by Gasteiger charge is 2.01. The molecule has 0 aromatic heterocycles. The molecule has 0 saturated carbocycles. The largest absolute Gasteiger partial charge is 0.378 e. The van der Waals surface area contributed by atoms with Gasteiger partial charge in [-0.05, 0) is 35.7 Å². The Bertz CT molecular complexity index is 469. The van der Waals surface area contributed by atoms with Crippen LogP contribution in [0, 0.1) is 6.92 Å². The van der Waals surface area contributed by atoms with Crippen molar-refractivity contribution < 1.29 is 0 Å². The molecule has 0 amide bonds. The second kappa shape index (κ2) is 4.40. The molecule has 0 fully saturated rings. The maximum atomic E-state index is 5.94. The lowest BCUT2D eigenvalue weighted by atomic mass is 10.0. The monoisotopic (exact) mass is 209 g/mol. The number of hydrogen-bond donors (Lipinski definition) is 0. The molecule has 0 aliphatic heterocycles. The van der Waals surface area contributed by atoms with E-state index in [1.807, 2.05) is 38.4 Å². The Balaban J connectivity index is 2.39. The third-order valence-electron chi connectivity index (χ3n) is 2.66. The molecule has 0 N–H and O–H groups in total. The summed E-state index contributed by atoms with van der Waals surface area (Å²) in [6.45, 7) is 5.94. The minimum atomic E-state index is 0.820. The van der Waals surface area contributed by atoms with Crippen molar-refractivity contribution >= 4 is 5.69 Å². The predicted octanol–water partition coefficient (Wildman–Crippen LogP) is 3.48. The Morgan fingerprint density at radius 3 is 2.06 bits per heavy atom. The van der Waals surface area contributed by atoms with Crippen LogP contribution >= 0.6 is 0 Å². The average Bonchev–Trinajstić information content (AvgIpc) is 2.30. The average molecular weight is 209 g/mol. The van der Waals surface area contributed by atoms with E-state index in [4.69, 9.17) is 6.92 Å². The molecule has 0 aliphatic rings. The van der Waals surface area contributed by atoms with Crippen molar-refractivity contribution in [1.82, 2.24) is 0 Å². The zero-order valence-electron chi connectivity index (χ0n) is 9.64. The van der Waals surface area contributed by atoms with E-state index in [-0.39, 0.29) is 0 Å². The van der Waals surface area contributed by atoms with E-state index < -0.39 is 0 Å². The fourth-order valence-electron chi connectivity index (χ4n) is 1.70. The van der Waals surface area contributed by atoms with Gasteiger partial charge in [0.2, 0.25) is 0 Å².